The molecule has 1 N–H and O–H groups in total. The molecule has 98 valence electrons. The zero-order valence-electron chi connectivity index (χ0n) is 10.7. The number of aliphatic hydroxyl groups excluding tert-OH is 1. The Morgan fingerprint density at radius 1 is 1.11 bits per heavy atom. The highest BCUT2D eigenvalue weighted by Gasteiger charge is 2.24. The van der Waals surface area contributed by atoms with E-state index in [4.69, 9.17) is 11.6 Å². The van der Waals surface area contributed by atoms with Crippen LogP contribution in [0.2, 0.25) is 5.02 Å². The molecule has 1 fully saturated rings. The Kier molecular flexibility index (Phi) is 3.58. The van der Waals surface area contributed by atoms with Gasteiger partial charge < -0.3 is 5.11 Å². The van der Waals surface area contributed by atoms with Gasteiger partial charge in [-0.2, -0.15) is 0 Å². The fourth-order valence-electron chi connectivity index (χ4n) is 2.44. The van der Waals surface area contributed by atoms with Gasteiger partial charge in [0.05, 0.1) is 6.10 Å². The lowest BCUT2D eigenvalue weighted by molar-refractivity contribution is 0.178. The summed E-state index contributed by atoms with van der Waals surface area (Å²) in [5.74, 6) is 0.721. The van der Waals surface area contributed by atoms with Gasteiger partial charge in [0.15, 0.2) is 0 Å². The van der Waals surface area contributed by atoms with Crippen LogP contribution in [0.25, 0.3) is 0 Å². The van der Waals surface area contributed by atoms with Gasteiger partial charge in [0, 0.05) is 11.4 Å². The second-order valence-corrected chi connectivity index (χ2v) is 5.73. The molecule has 0 radical (unpaired) electrons. The Labute approximate surface area is 118 Å². The lowest BCUT2D eigenvalue weighted by Gasteiger charge is -2.12. The lowest BCUT2D eigenvalue weighted by atomic mass is 9.98. The number of rotatable bonds is 4. The van der Waals surface area contributed by atoms with Crippen molar-refractivity contribution in [3.05, 3.63) is 70.2 Å². The molecule has 3 rings (SSSR count). The molecular weight excluding hydrogens is 256 g/mol. The van der Waals surface area contributed by atoms with E-state index in [0.717, 1.165) is 22.1 Å². The minimum absolute atomic E-state index is 0.461. The van der Waals surface area contributed by atoms with Gasteiger partial charge in [-0.1, -0.05) is 48.0 Å². The Morgan fingerprint density at radius 3 is 2.63 bits per heavy atom. The van der Waals surface area contributed by atoms with Crippen LogP contribution in [-0.2, 0) is 6.42 Å². The summed E-state index contributed by atoms with van der Waals surface area (Å²) in [5, 5.41) is 11.1. The van der Waals surface area contributed by atoms with Gasteiger partial charge in [-0.25, -0.2) is 0 Å². The molecule has 0 heterocycles. The second-order valence-electron chi connectivity index (χ2n) is 5.29. The molecule has 1 saturated carbocycles. The Morgan fingerprint density at radius 2 is 1.89 bits per heavy atom. The van der Waals surface area contributed by atoms with Gasteiger partial charge in [-0.3, -0.25) is 0 Å². The van der Waals surface area contributed by atoms with Gasteiger partial charge in [-0.05, 0) is 47.6 Å². The third-order valence-corrected chi connectivity index (χ3v) is 3.90. The standard InChI is InChI=1S/C17H17ClO/c18-16-6-1-3-12(9-16)10-17(19)15-5-2-4-14(11-15)13-7-8-13/h1-6,9,11,13,17,19H,7-8,10H2. The summed E-state index contributed by atoms with van der Waals surface area (Å²) in [7, 11) is 0. The van der Waals surface area contributed by atoms with Crippen LogP contribution in [0, 0.1) is 0 Å². The summed E-state index contributed by atoms with van der Waals surface area (Å²) < 4.78 is 0. The average molecular weight is 273 g/mol. The zero-order chi connectivity index (χ0) is 13.2. The molecule has 19 heavy (non-hydrogen) atoms. The summed E-state index contributed by atoms with van der Waals surface area (Å²) in [6, 6.07) is 16.0. The van der Waals surface area contributed by atoms with Crippen molar-refractivity contribution in [3.63, 3.8) is 0 Å². The smallest absolute Gasteiger partial charge is 0.0830 e. The molecule has 0 saturated heterocycles. The maximum absolute atomic E-state index is 10.3. The minimum Gasteiger partial charge on any atom is -0.388 e. The van der Waals surface area contributed by atoms with Gasteiger partial charge in [0.2, 0.25) is 0 Å². The molecule has 0 amide bonds. The third kappa shape index (κ3) is 3.17. The van der Waals surface area contributed by atoms with E-state index in [1.54, 1.807) is 0 Å². The number of hydrogen-bond acceptors (Lipinski definition) is 1. The van der Waals surface area contributed by atoms with Crippen molar-refractivity contribution < 1.29 is 5.11 Å². The zero-order valence-corrected chi connectivity index (χ0v) is 11.5. The third-order valence-electron chi connectivity index (χ3n) is 3.66. The van der Waals surface area contributed by atoms with Crippen LogP contribution in [0.3, 0.4) is 0 Å². The van der Waals surface area contributed by atoms with E-state index in [9.17, 15) is 5.11 Å². The van der Waals surface area contributed by atoms with E-state index < -0.39 is 6.10 Å². The monoisotopic (exact) mass is 272 g/mol. The normalized spacial score (nSPS) is 16.3. The van der Waals surface area contributed by atoms with Crippen LogP contribution in [0.15, 0.2) is 48.5 Å². The molecule has 1 nitrogen and oxygen atoms in total. The number of hydrogen-bond donors (Lipinski definition) is 1. The SMILES string of the molecule is OC(Cc1cccc(Cl)c1)c1cccc(C2CC2)c1. The molecular formula is C17H17ClO. The van der Waals surface area contributed by atoms with Crippen LogP contribution >= 0.6 is 11.6 Å². The molecule has 2 aromatic carbocycles. The number of aliphatic hydroxyl groups is 1. The van der Waals surface area contributed by atoms with E-state index >= 15 is 0 Å². The van der Waals surface area contributed by atoms with Crippen molar-refractivity contribution in [2.45, 2.75) is 31.3 Å². The summed E-state index contributed by atoms with van der Waals surface area (Å²) >= 11 is 5.97. The van der Waals surface area contributed by atoms with Gasteiger partial charge in [0.25, 0.3) is 0 Å². The predicted molar refractivity (Wildman–Crippen MR) is 78.5 cm³/mol. The van der Waals surface area contributed by atoms with Crippen LogP contribution in [0.5, 0.6) is 0 Å². The predicted octanol–water partition coefficient (Wildman–Crippen LogP) is 4.49. The highest BCUT2D eigenvalue weighted by molar-refractivity contribution is 6.30. The topological polar surface area (TPSA) is 20.2 Å². The molecule has 1 unspecified atom stereocenters. The molecule has 1 aliphatic rings. The van der Waals surface area contributed by atoms with Crippen molar-refractivity contribution in [1.29, 1.82) is 0 Å². The van der Waals surface area contributed by atoms with E-state index in [2.05, 4.69) is 12.1 Å². The fourth-order valence-corrected chi connectivity index (χ4v) is 2.65. The van der Waals surface area contributed by atoms with Crippen molar-refractivity contribution in [3.8, 4) is 0 Å². The molecule has 1 aliphatic carbocycles. The number of halogens is 1. The highest BCUT2D eigenvalue weighted by atomic mass is 35.5. The minimum atomic E-state index is -0.461. The molecule has 2 heteroatoms. The van der Waals surface area contributed by atoms with Crippen molar-refractivity contribution in [2.75, 3.05) is 0 Å². The van der Waals surface area contributed by atoms with E-state index in [-0.39, 0.29) is 0 Å². The van der Waals surface area contributed by atoms with E-state index in [1.807, 2.05) is 36.4 Å². The van der Waals surface area contributed by atoms with Gasteiger partial charge >= 0.3 is 0 Å². The maximum atomic E-state index is 10.3. The van der Waals surface area contributed by atoms with Crippen LogP contribution in [0.4, 0.5) is 0 Å². The van der Waals surface area contributed by atoms with Crippen LogP contribution in [-0.4, -0.2) is 5.11 Å². The van der Waals surface area contributed by atoms with Crippen molar-refractivity contribution >= 4 is 11.6 Å². The van der Waals surface area contributed by atoms with Gasteiger partial charge in [-0.15, -0.1) is 0 Å². The summed E-state index contributed by atoms with van der Waals surface area (Å²) in [6.07, 6.45) is 2.72. The fraction of sp³-hybridized carbons (Fsp3) is 0.294. The Hall–Kier alpha value is -1.31. The summed E-state index contributed by atoms with van der Waals surface area (Å²) in [6.45, 7) is 0. The largest absolute Gasteiger partial charge is 0.388 e. The molecule has 0 bridgehead atoms. The molecule has 0 aromatic heterocycles. The molecule has 0 spiro atoms. The van der Waals surface area contributed by atoms with E-state index in [0.29, 0.717) is 6.42 Å². The first kappa shape index (κ1) is 12.7. The molecule has 2 aromatic rings. The van der Waals surface area contributed by atoms with E-state index in [1.165, 1.54) is 18.4 Å². The van der Waals surface area contributed by atoms with Gasteiger partial charge in [0.1, 0.15) is 0 Å². The highest BCUT2D eigenvalue weighted by Crippen LogP contribution is 2.40. The first-order valence-corrected chi connectivity index (χ1v) is 7.12. The molecule has 0 aliphatic heterocycles. The Balaban J connectivity index is 1.76. The summed E-state index contributed by atoms with van der Waals surface area (Å²) in [4.78, 5) is 0. The summed E-state index contributed by atoms with van der Waals surface area (Å²) in [5.41, 5.74) is 3.43. The first-order valence-electron chi connectivity index (χ1n) is 6.75. The maximum Gasteiger partial charge on any atom is 0.0830 e. The van der Waals surface area contributed by atoms with Crippen molar-refractivity contribution in [1.82, 2.24) is 0 Å². The van der Waals surface area contributed by atoms with Crippen molar-refractivity contribution in [2.24, 2.45) is 0 Å². The first-order chi connectivity index (χ1) is 9.22. The lowest BCUT2D eigenvalue weighted by Crippen LogP contribution is -2.02. The number of benzene rings is 2. The second kappa shape index (κ2) is 5.36. The molecule has 1 atom stereocenters. The van der Waals surface area contributed by atoms with Crippen LogP contribution < -0.4 is 0 Å². The quantitative estimate of drug-likeness (QED) is 0.869. The Bertz CT molecular complexity index is 575. The average Bonchev–Trinajstić information content (AvgIpc) is 3.23. The van der Waals surface area contributed by atoms with Crippen LogP contribution in [0.1, 0.15) is 41.6 Å².